The highest BCUT2D eigenvalue weighted by molar-refractivity contribution is 9.09. The second-order valence-corrected chi connectivity index (χ2v) is 6.11. The molecule has 1 atom stereocenters. The molecule has 1 aliphatic heterocycles. The fourth-order valence-electron chi connectivity index (χ4n) is 2.08. The zero-order valence-corrected chi connectivity index (χ0v) is 12.7. The van der Waals surface area contributed by atoms with E-state index in [4.69, 9.17) is 4.42 Å². The molecule has 1 fully saturated rings. The van der Waals surface area contributed by atoms with Crippen molar-refractivity contribution in [3.8, 4) is 10.8 Å². The molecule has 5 nitrogen and oxygen atoms in total. The van der Waals surface area contributed by atoms with E-state index in [0.717, 1.165) is 15.8 Å². The molecule has 3 heterocycles. The van der Waals surface area contributed by atoms with Crippen LogP contribution in [0.3, 0.4) is 0 Å². The van der Waals surface area contributed by atoms with Gasteiger partial charge in [0.25, 0.3) is 5.89 Å². The second kappa shape index (κ2) is 5.05. The number of amides is 1. The van der Waals surface area contributed by atoms with Gasteiger partial charge in [-0.2, -0.15) is 0 Å². The number of aromatic nitrogens is 2. The Balaban J connectivity index is 1.86. The molecule has 7 heteroatoms. The van der Waals surface area contributed by atoms with E-state index in [1.165, 1.54) is 0 Å². The second-order valence-electron chi connectivity index (χ2n) is 4.55. The lowest BCUT2D eigenvalue weighted by Gasteiger charge is -2.09. The van der Waals surface area contributed by atoms with Gasteiger partial charge in [0.1, 0.15) is 0 Å². The van der Waals surface area contributed by atoms with Crippen molar-refractivity contribution in [1.82, 2.24) is 10.2 Å². The average Bonchev–Trinajstić information content (AvgIpc) is 3.07. The van der Waals surface area contributed by atoms with Crippen LogP contribution in [0.1, 0.15) is 12.0 Å². The summed E-state index contributed by atoms with van der Waals surface area (Å²) in [5, 5.41) is 10.8. The van der Waals surface area contributed by atoms with E-state index in [1.54, 1.807) is 16.2 Å². The van der Waals surface area contributed by atoms with E-state index in [-0.39, 0.29) is 5.91 Å². The van der Waals surface area contributed by atoms with Crippen molar-refractivity contribution < 1.29 is 9.21 Å². The third-order valence-corrected chi connectivity index (χ3v) is 5.05. The van der Waals surface area contributed by atoms with Gasteiger partial charge in [-0.15, -0.1) is 16.4 Å². The van der Waals surface area contributed by atoms with Crippen LogP contribution in [0.4, 0.5) is 6.01 Å². The van der Waals surface area contributed by atoms with E-state index in [2.05, 4.69) is 26.1 Å². The van der Waals surface area contributed by atoms with Gasteiger partial charge in [0, 0.05) is 18.3 Å². The zero-order valence-electron chi connectivity index (χ0n) is 10.3. The van der Waals surface area contributed by atoms with Gasteiger partial charge < -0.3 is 4.42 Å². The van der Waals surface area contributed by atoms with Crippen LogP contribution in [0.5, 0.6) is 0 Å². The van der Waals surface area contributed by atoms with E-state index in [0.29, 0.717) is 30.8 Å². The Labute approximate surface area is 122 Å². The van der Waals surface area contributed by atoms with Gasteiger partial charge in [-0.05, 0) is 29.9 Å². The molecule has 0 radical (unpaired) electrons. The van der Waals surface area contributed by atoms with Gasteiger partial charge >= 0.3 is 6.01 Å². The van der Waals surface area contributed by atoms with Crippen molar-refractivity contribution >= 4 is 39.2 Å². The van der Waals surface area contributed by atoms with E-state index in [1.807, 2.05) is 18.4 Å². The molecule has 0 saturated carbocycles. The Bertz CT molecular complexity index is 610. The molecule has 1 aliphatic rings. The molecule has 2 aromatic heterocycles. The third kappa shape index (κ3) is 2.32. The van der Waals surface area contributed by atoms with E-state index < -0.39 is 0 Å². The highest BCUT2D eigenvalue weighted by Crippen LogP contribution is 2.31. The molecule has 1 unspecified atom stereocenters. The first-order chi connectivity index (χ1) is 9.19. The van der Waals surface area contributed by atoms with Crippen molar-refractivity contribution in [2.24, 2.45) is 5.92 Å². The van der Waals surface area contributed by atoms with Crippen molar-refractivity contribution in [2.75, 3.05) is 16.8 Å². The minimum Gasteiger partial charge on any atom is -0.402 e. The van der Waals surface area contributed by atoms with Crippen LogP contribution in [-0.2, 0) is 4.79 Å². The standard InChI is InChI=1S/C12H12BrN3O2S/c1-7-2-3-19-10(7)11-14-15-12(18-11)16-6-8(5-13)4-9(16)17/h2-3,8H,4-6H2,1H3. The Kier molecular flexibility index (Phi) is 3.40. The molecular formula is C12H12BrN3O2S. The summed E-state index contributed by atoms with van der Waals surface area (Å²) in [6.45, 7) is 2.63. The van der Waals surface area contributed by atoms with Crippen LogP contribution < -0.4 is 4.90 Å². The zero-order chi connectivity index (χ0) is 13.4. The summed E-state index contributed by atoms with van der Waals surface area (Å²) in [5.41, 5.74) is 1.10. The van der Waals surface area contributed by atoms with E-state index >= 15 is 0 Å². The Morgan fingerprint density at radius 3 is 3.05 bits per heavy atom. The van der Waals surface area contributed by atoms with Crippen molar-refractivity contribution in [3.05, 3.63) is 17.0 Å². The summed E-state index contributed by atoms with van der Waals surface area (Å²) < 4.78 is 5.63. The van der Waals surface area contributed by atoms with Gasteiger partial charge in [-0.25, -0.2) is 0 Å². The molecule has 3 rings (SSSR count). The Morgan fingerprint density at radius 2 is 2.42 bits per heavy atom. The first-order valence-electron chi connectivity index (χ1n) is 5.93. The number of halogens is 1. The topological polar surface area (TPSA) is 59.2 Å². The molecule has 0 N–H and O–H groups in total. The number of nitrogens with zero attached hydrogens (tertiary/aromatic N) is 3. The van der Waals surface area contributed by atoms with Crippen LogP contribution in [0.15, 0.2) is 15.9 Å². The maximum Gasteiger partial charge on any atom is 0.325 e. The Hall–Kier alpha value is -1.21. The van der Waals surface area contributed by atoms with Gasteiger partial charge in [0.15, 0.2) is 0 Å². The highest BCUT2D eigenvalue weighted by Gasteiger charge is 2.33. The van der Waals surface area contributed by atoms with Crippen LogP contribution in [0, 0.1) is 12.8 Å². The van der Waals surface area contributed by atoms with E-state index in [9.17, 15) is 4.79 Å². The van der Waals surface area contributed by atoms with Crippen LogP contribution >= 0.6 is 27.3 Å². The van der Waals surface area contributed by atoms with Crippen molar-refractivity contribution in [3.63, 3.8) is 0 Å². The molecule has 2 aromatic rings. The van der Waals surface area contributed by atoms with Gasteiger partial charge in [0.2, 0.25) is 5.91 Å². The first-order valence-corrected chi connectivity index (χ1v) is 7.93. The number of thiophene rings is 1. The quantitative estimate of drug-likeness (QED) is 0.805. The summed E-state index contributed by atoms with van der Waals surface area (Å²) in [7, 11) is 0. The molecule has 1 saturated heterocycles. The molecule has 0 aliphatic carbocycles. The smallest absolute Gasteiger partial charge is 0.325 e. The number of aryl methyl sites for hydroxylation is 1. The summed E-state index contributed by atoms with van der Waals surface area (Å²) in [6.07, 6.45) is 0.529. The molecular weight excluding hydrogens is 330 g/mol. The minimum absolute atomic E-state index is 0.0440. The van der Waals surface area contributed by atoms with Crippen molar-refractivity contribution in [1.29, 1.82) is 0 Å². The fourth-order valence-corrected chi connectivity index (χ4v) is 3.36. The predicted molar refractivity (Wildman–Crippen MR) is 76.6 cm³/mol. The Morgan fingerprint density at radius 1 is 1.58 bits per heavy atom. The monoisotopic (exact) mass is 341 g/mol. The summed E-state index contributed by atoms with van der Waals surface area (Å²) in [5.74, 6) is 0.839. The molecule has 19 heavy (non-hydrogen) atoms. The average molecular weight is 342 g/mol. The highest BCUT2D eigenvalue weighted by atomic mass is 79.9. The summed E-state index contributed by atoms with van der Waals surface area (Å²) in [6, 6.07) is 2.31. The lowest BCUT2D eigenvalue weighted by Crippen LogP contribution is -2.24. The molecule has 0 spiro atoms. The maximum absolute atomic E-state index is 11.9. The number of hydrogen-bond donors (Lipinski definition) is 0. The lowest BCUT2D eigenvalue weighted by molar-refractivity contribution is -0.117. The van der Waals surface area contributed by atoms with Gasteiger partial charge in [-0.3, -0.25) is 9.69 Å². The number of hydrogen-bond acceptors (Lipinski definition) is 5. The van der Waals surface area contributed by atoms with Crippen LogP contribution in [0.25, 0.3) is 10.8 Å². The number of carbonyl (C=O) groups is 1. The predicted octanol–water partition coefficient (Wildman–Crippen LogP) is 2.85. The molecule has 100 valence electrons. The number of anilines is 1. The largest absolute Gasteiger partial charge is 0.402 e. The molecule has 0 bridgehead atoms. The van der Waals surface area contributed by atoms with Gasteiger partial charge in [-0.1, -0.05) is 21.0 Å². The molecule has 0 aromatic carbocycles. The van der Waals surface area contributed by atoms with Crippen LogP contribution in [0.2, 0.25) is 0 Å². The SMILES string of the molecule is Cc1ccsc1-c1nnc(N2CC(CBr)CC2=O)o1. The third-order valence-electron chi connectivity index (χ3n) is 3.12. The number of rotatable bonds is 3. The molecule has 1 amide bonds. The summed E-state index contributed by atoms with van der Waals surface area (Å²) in [4.78, 5) is 14.4. The van der Waals surface area contributed by atoms with Crippen LogP contribution in [-0.4, -0.2) is 28.0 Å². The fraction of sp³-hybridized carbons (Fsp3) is 0.417. The number of carbonyl (C=O) groups excluding carboxylic acids is 1. The number of alkyl halides is 1. The lowest BCUT2D eigenvalue weighted by atomic mass is 10.2. The minimum atomic E-state index is 0.0440. The maximum atomic E-state index is 11.9. The first kappa shape index (κ1) is 12.8. The normalized spacial score (nSPS) is 19.4. The van der Waals surface area contributed by atoms with Gasteiger partial charge in [0.05, 0.1) is 4.88 Å². The summed E-state index contributed by atoms with van der Waals surface area (Å²) >= 11 is 4.96. The van der Waals surface area contributed by atoms with Crippen molar-refractivity contribution in [2.45, 2.75) is 13.3 Å².